The molecule has 0 saturated heterocycles. The predicted octanol–water partition coefficient (Wildman–Crippen LogP) is 2.99. The van der Waals surface area contributed by atoms with Crippen molar-refractivity contribution >= 4 is 39.4 Å². The van der Waals surface area contributed by atoms with Gasteiger partial charge in [-0.1, -0.05) is 12.1 Å². The highest BCUT2D eigenvalue weighted by atomic mass is 127. The van der Waals surface area contributed by atoms with E-state index in [2.05, 4.69) is 28.7 Å². The van der Waals surface area contributed by atoms with E-state index >= 15 is 0 Å². The number of hydrogen-bond acceptors (Lipinski definition) is 1. The second-order valence-corrected chi connectivity index (χ2v) is 4.15. The highest BCUT2D eigenvalue weighted by Gasteiger charge is 1.98. The van der Waals surface area contributed by atoms with Crippen molar-refractivity contribution in [2.45, 2.75) is 12.8 Å². The first kappa shape index (κ1) is 9.99. The van der Waals surface area contributed by atoms with Gasteiger partial charge in [-0.2, -0.15) is 0 Å². The molecule has 0 saturated carbocycles. The molecule has 0 aromatic heterocycles. The Kier molecular flexibility index (Phi) is 4.01. The van der Waals surface area contributed by atoms with E-state index in [1.54, 1.807) is 0 Å². The number of hydrogen-bond donors (Lipinski definition) is 0. The quantitative estimate of drug-likeness (QED) is 0.619. The predicted molar refractivity (Wildman–Crippen MR) is 58.3 cm³/mol. The van der Waals surface area contributed by atoms with Gasteiger partial charge in [0.2, 0.25) is 5.24 Å². The third kappa shape index (κ3) is 3.54. The third-order valence-electron chi connectivity index (χ3n) is 1.50. The van der Waals surface area contributed by atoms with E-state index in [-0.39, 0.29) is 5.24 Å². The number of carbonyl (C=O) groups excluding carboxylic acids is 1. The SMILES string of the molecule is O=C(Cl)CCc1cccc(I)c1. The highest BCUT2D eigenvalue weighted by molar-refractivity contribution is 14.1. The molecule has 64 valence electrons. The summed E-state index contributed by atoms with van der Waals surface area (Å²) in [6.07, 6.45) is 1.15. The van der Waals surface area contributed by atoms with Crippen molar-refractivity contribution in [2.24, 2.45) is 0 Å². The fourth-order valence-electron chi connectivity index (χ4n) is 0.935. The summed E-state index contributed by atoms with van der Waals surface area (Å²) in [5.41, 5.74) is 1.16. The van der Waals surface area contributed by atoms with Crippen LogP contribution in [0.15, 0.2) is 24.3 Å². The minimum atomic E-state index is -0.270. The molecule has 0 atom stereocenters. The largest absolute Gasteiger partial charge is 0.281 e. The molecule has 12 heavy (non-hydrogen) atoms. The lowest BCUT2D eigenvalue weighted by molar-refractivity contribution is -0.111. The maximum atomic E-state index is 10.5. The Morgan fingerprint density at radius 3 is 2.83 bits per heavy atom. The standard InChI is InChI=1S/C9H8ClIO/c10-9(12)5-4-7-2-1-3-8(11)6-7/h1-3,6H,4-5H2. The van der Waals surface area contributed by atoms with Crippen LogP contribution in [0.3, 0.4) is 0 Å². The molecule has 0 aliphatic rings. The fourth-order valence-corrected chi connectivity index (χ4v) is 1.64. The Balaban J connectivity index is 2.57. The minimum Gasteiger partial charge on any atom is -0.281 e. The van der Waals surface area contributed by atoms with Crippen molar-refractivity contribution in [2.75, 3.05) is 0 Å². The lowest BCUT2D eigenvalue weighted by Gasteiger charge is -1.98. The van der Waals surface area contributed by atoms with Gasteiger partial charge in [0.15, 0.2) is 0 Å². The summed E-state index contributed by atoms with van der Waals surface area (Å²) in [5.74, 6) is 0. The summed E-state index contributed by atoms with van der Waals surface area (Å²) < 4.78 is 1.19. The van der Waals surface area contributed by atoms with Crippen molar-refractivity contribution in [3.05, 3.63) is 33.4 Å². The maximum absolute atomic E-state index is 10.5. The molecule has 0 bridgehead atoms. The Morgan fingerprint density at radius 2 is 2.25 bits per heavy atom. The van der Waals surface area contributed by atoms with Gasteiger partial charge in [0.05, 0.1) is 0 Å². The van der Waals surface area contributed by atoms with Crippen LogP contribution in [0.1, 0.15) is 12.0 Å². The smallest absolute Gasteiger partial charge is 0.221 e. The average molecular weight is 295 g/mol. The number of aryl methyl sites for hydroxylation is 1. The van der Waals surface area contributed by atoms with Gasteiger partial charge in [-0.05, 0) is 58.3 Å². The molecule has 0 amide bonds. The van der Waals surface area contributed by atoms with Crippen LogP contribution in [0.5, 0.6) is 0 Å². The second-order valence-electron chi connectivity index (χ2n) is 2.49. The Bertz CT molecular complexity index is 286. The molecule has 1 nitrogen and oxygen atoms in total. The molecule has 0 heterocycles. The lowest BCUT2D eigenvalue weighted by atomic mass is 10.1. The zero-order valence-corrected chi connectivity index (χ0v) is 9.30. The molecular weight excluding hydrogens is 286 g/mol. The molecule has 1 aromatic rings. The van der Waals surface area contributed by atoms with Gasteiger partial charge in [-0.25, -0.2) is 0 Å². The van der Waals surface area contributed by atoms with Crippen LogP contribution >= 0.6 is 34.2 Å². The van der Waals surface area contributed by atoms with Crippen molar-refractivity contribution in [3.63, 3.8) is 0 Å². The number of benzene rings is 1. The molecule has 3 heteroatoms. The Hall–Kier alpha value is -0.0900. The molecule has 1 rings (SSSR count). The van der Waals surface area contributed by atoms with Gasteiger partial charge in [0.1, 0.15) is 0 Å². The van der Waals surface area contributed by atoms with Crippen molar-refractivity contribution in [1.82, 2.24) is 0 Å². The van der Waals surface area contributed by atoms with Crippen LogP contribution in [0.25, 0.3) is 0 Å². The summed E-state index contributed by atoms with van der Waals surface area (Å²) >= 11 is 7.47. The van der Waals surface area contributed by atoms with Crippen molar-refractivity contribution in [3.8, 4) is 0 Å². The molecule has 0 aliphatic carbocycles. The molecule has 0 radical (unpaired) electrons. The van der Waals surface area contributed by atoms with Gasteiger partial charge in [-0.3, -0.25) is 4.79 Å². The van der Waals surface area contributed by atoms with Crippen LogP contribution < -0.4 is 0 Å². The number of halogens is 2. The van der Waals surface area contributed by atoms with Gasteiger partial charge in [0.25, 0.3) is 0 Å². The molecular formula is C9H8ClIO. The first-order valence-corrected chi connectivity index (χ1v) is 5.07. The monoisotopic (exact) mass is 294 g/mol. The first-order valence-electron chi connectivity index (χ1n) is 3.61. The Morgan fingerprint density at radius 1 is 1.50 bits per heavy atom. The van der Waals surface area contributed by atoms with Gasteiger partial charge in [0, 0.05) is 9.99 Å². The fraction of sp³-hybridized carbons (Fsp3) is 0.222. The number of carbonyl (C=O) groups is 1. The zero-order chi connectivity index (χ0) is 8.97. The average Bonchev–Trinajstić information content (AvgIpc) is 2.01. The van der Waals surface area contributed by atoms with Crippen LogP contribution in [0, 0.1) is 3.57 Å². The second kappa shape index (κ2) is 4.82. The molecule has 1 aromatic carbocycles. The zero-order valence-electron chi connectivity index (χ0n) is 6.39. The van der Waals surface area contributed by atoms with Gasteiger partial charge >= 0.3 is 0 Å². The van der Waals surface area contributed by atoms with Crippen molar-refractivity contribution < 1.29 is 4.79 Å². The van der Waals surface area contributed by atoms with Crippen LogP contribution in [-0.2, 0) is 11.2 Å². The summed E-state index contributed by atoms with van der Waals surface area (Å²) in [5, 5.41) is -0.270. The highest BCUT2D eigenvalue weighted by Crippen LogP contribution is 2.10. The van der Waals surface area contributed by atoms with Crippen molar-refractivity contribution in [1.29, 1.82) is 0 Å². The van der Waals surface area contributed by atoms with E-state index in [0.717, 1.165) is 12.0 Å². The minimum absolute atomic E-state index is 0.270. The normalized spacial score (nSPS) is 9.83. The third-order valence-corrected chi connectivity index (χ3v) is 2.36. The topological polar surface area (TPSA) is 17.1 Å². The van der Waals surface area contributed by atoms with E-state index in [9.17, 15) is 4.79 Å². The van der Waals surface area contributed by atoms with Crippen LogP contribution in [0.2, 0.25) is 0 Å². The first-order chi connectivity index (χ1) is 5.68. The maximum Gasteiger partial charge on any atom is 0.221 e. The molecule has 0 unspecified atom stereocenters. The van der Waals surface area contributed by atoms with E-state index in [4.69, 9.17) is 11.6 Å². The van der Waals surface area contributed by atoms with E-state index in [1.807, 2.05) is 18.2 Å². The van der Waals surface area contributed by atoms with Crippen LogP contribution in [0.4, 0.5) is 0 Å². The molecule has 0 spiro atoms. The van der Waals surface area contributed by atoms with Crippen LogP contribution in [-0.4, -0.2) is 5.24 Å². The molecule has 0 fully saturated rings. The number of rotatable bonds is 3. The van der Waals surface area contributed by atoms with Gasteiger partial charge < -0.3 is 0 Å². The molecule has 0 aliphatic heterocycles. The summed E-state index contributed by atoms with van der Waals surface area (Å²) in [6.45, 7) is 0. The summed E-state index contributed by atoms with van der Waals surface area (Å²) in [7, 11) is 0. The molecule has 0 N–H and O–H groups in total. The van der Waals surface area contributed by atoms with E-state index in [0.29, 0.717) is 6.42 Å². The van der Waals surface area contributed by atoms with Gasteiger partial charge in [-0.15, -0.1) is 0 Å². The summed E-state index contributed by atoms with van der Waals surface area (Å²) in [6, 6.07) is 8.06. The Labute approximate surface area is 90.3 Å². The van der Waals surface area contributed by atoms with E-state index in [1.165, 1.54) is 3.57 Å². The summed E-state index contributed by atoms with van der Waals surface area (Å²) in [4.78, 5) is 10.5. The lowest BCUT2D eigenvalue weighted by Crippen LogP contribution is -1.91. The van der Waals surface area contributed by atoms with E-state index < -0.39 is 0 Å².